The number of benzene rings is 1. The SMILES string of the molecule is CCC(c1c(N)nc(N)nc1NC)C(COC(=O)c1ccccc1)[N+](=O)[O-]. The summed E-state index contributed by atoms with van der Waals surface area (Å²) in [7, 11) is 1.61. The first-order valence-corrected chi connectivity index (χ1v) is 8.35. The Bertz CT molecular complexity index is 815. The molecular weight excluding hydrogens is 352 g/mol. The number of ether oxygens (including phenoxy) is 1. The standard InChI is InChI=1S/C17H22N6O4/c1-3-11(13-14(18)21-17(19)22-15(13)20-2)12(23(25)26)9-27-16(24)10-7-5-4-6-8-10/h4-8,11-12H,3,9H2,1-2H3,(H5,18,19,20,21,22). The van der Waals surface area contributed by atoms with Crippen molar-refractivity contribution in [2.75, 3.05) is 30.4 Å². The van der Waals surface area contributed by atoms with Crippen LogP contribution in [0.4, 0.5) is 17.6 Å². The van der Waals surface area contributed by atoms with E-state index in [0.29, 0.717) is 23.4 Å². The zero-order valence-corrected chi connectivity index (χ0v) is 15.1. The minimum atomic E-state index is -1.22. The van der Waals surface area contributed by atoms with E-state index in [0.717, 1.165) is 0 Å². The third-order valence-corrected chi connectivity index (χ3v) is 4.17. The lowest BCUT2D eigenvalue weighted by molar-refractivity contribution is -0.529. The van der Waals surface area contributed by atoms with Crippen LogP contribution in [0.15, 0.2) is 30.3 Å². The van der Waals surface area contributed by atoms with Gasteiger partial charge in [0.1, 0.15) is 11.6 Å². The highest BCUT2D eigenvalue weighted by Gasteiger charge is 2.36. The molecular formula is C17H22N6O4. The van der Waals surface area contributed by atoms with E-state index in [1.807, 2.05) is 0 Å². The highest BCUT2D eigenvalue weighted by molar-refractivity contribution is 5.89. The monoisotopic (exact) mass is 374 g/mol. The van der Waals surface area contributed by atoms with Crippen LogP contribution in [0.2, 0.25) is 0 Å². The number of anilines is 3. The van der Waals surface area contributed by atoms with E-state index in [1.165, 1.54) is 0 Å². The number of nitrogens with zero attached hydrogens (tertiary/aromatic N) is 3. The summed E-state index contributed by atoms with van der Waals surface area (Å²) in [6, 6.07) is 7.05. The van der Waals surface area contributed by atoms with Crippen molar-refractivity contribution < 1.29 is 14.5 Å². The molecule has 2 aromatic rings. The first-order valence-electron chi connectivity index (χ1n) is 8.35. The smallest absolute Gasteiger partial charge is 0.338 e. The van der Waals surface area contributed by atoms with Crippen molar-refractivity contribution in [2.24, 2.45) is 0 Å². The molecule has 1 heterocycles. The Morgan fingerprint density at radius 1 is 1.30 bits per heavy atom. The van der Waals surface area contributed by atoms with Gasteiger partial charge >= 0.3 is 5.97 Å². The van der Waals surface area contributed by atoms with Gasteiger partial charge in [0.05, 0.1) is 11.5 Å². The van der Waals surface area contributed by atoms with Gasteiger partial charge < -0.3 is 21.5 Å². The summed E-state index contributed by atoms with van der Waals surface area (Å²) >= 11 is 0. The van der Waals surface area contributed by atoms with Crippen LogP contribution in [-0.2, 0) is 4.74 Å². The van der Waals surface area contributed by atoms with Crippen molar-refractivity contribution >= 4 is 23.6 Å². The molecule has 2 rings (SSSR count). The number of nitrogens with two attached hydrogens (primary N) is 2. The number of hydrogen-bond acceptors (Lipinski definition) is 9. The molecule has 0 radical (unpaired) electrons. The second-order valence-electron chi connectivity index (χ2n) is 5.81. The van der Waals surface area contributed by atoms with E-state index in [-0.39, 0.29) is 11.8 Å². The second-order valence-corrected chi connectivity index (χ2v) is 5.81. The maximum atomic E-state index is 12.1. The first-order chi connectivity index (χ1) is 12.9. The van der Waals surface area contributed by atoms with Gasteiger partial charge in [-0.05, 0) is 18.6 Å². The van der Waals surface area contributed by atoms with Gasteiger partial charge in [0.2, 0.25) is 5.95 Å². The van der Waals surface area contributed by atoms with Crippen molar-refractivity contribution in [2.45, 2.75) is 25.3 Å². The molecule has 5 N–H and O–H groups in total. The highest BCUT2D eigenvalue weighted by Crippen LogP contribution is 2.34. The van der Waals surface area contributed by atoms with E-state index >= 15 is 0 Å². The molecule has 0 aliphatic carbocycles. The van der Waals surface area contributed by atoms with Gasteiger partial charge in [-0.2, -0.15) is 9.97 Å². The molecule has 2 unspecified atom stereocenters. The summed E-state index contributed by atoms with van der Waals surface area (Å²) in [5, 5.41) is 14.5. The minimum Gasteiger partial charge on any atom is -0.455 e. The van der Waals surface area contributed by atoms with Crippen molar-refractivity contribution in [3.8, 4) is 0 Å². The lowest BCUT2D eigenvalue weighted by Crippen LogP contribution is -2.34. The molecule has 1 aromatic carbocycles. The van der Waals surface area contributed by atoms with Crippen molar-refractivity contribution in [3.63, 3.8) is 0 Å². The number of nitrogens with one attached hydrogen (secondary N) is 1. The Morgan fingerprint density at radius 2 is 1.96 bits per heavy atom. The first kappa shape index (κ1) is 19.9. The number of carbonyl (C=O) groups excluding carboxylic acids is 1. The summed E-state index contributed by atoms with van der Waals surface area (Å²) < 4.78 is 5.19. The van der Waals surface area contributed by atoms with E-state index in [4.69, 9.17) is 16.2 Å². The third kappa shape index (κ3) is 4.60. The zero-order valence-electron chi connectivity index (χ0n) is 15.1. The predicted octanol–water partition coefficient (Wildman–Crippen LogP) is 1.68. The molecule has 1 aromatic heterocycles. The Hall–Kier alpha value is -3.43. The highest BCUT2D eigenvalue weighted by atomic mass is 16.6. The van der Waals surface area contributed by atoms with E-state index < -0.39 is 29.5 Å². The number of esters is 1. The molecule has 0 saturated heterocycles. The quantitative estimate of drug-likeness (QED) is 0.355. The van der Waals surface area contributed by atoms with Crippen molar-refractivity contribution in [1.29, 1.82) is 0 Å². The maximum Gasteiger partial charge on any atom is 0.338 e. The van der Waals surface area contributed by atoms with Crippen molar-refractivity contribution in [3.05, 3.63) is 51.6 Å². The number of nitrogen functional groups attached to an aromatic ring is 2. The normalized spacial score (nSPS) is 12.8. The number of hydrogen-bond donors (Lipinski definition) is 3. The molecule has 2 atom stereocenters. The van der Waals surface area contributed by atoms with Crippen molar-refractivity contribution in [1.82, 2.24) is 9.97 Å². The van der Waals surface area contributed by atoms with Crippen LogP contribution in [0.5, 0.6) is 0 Å². The average molecular weight is 374 g/mol. The summed E-state index contributed by atoms with van der Waals surface area (Å²) in [5.74, 6) is -0.976. The van der Waals surface area contributed by atoms with Crippen LogP contribution in [-0.4, -0.2) is 40.6 Å². The average Bonchev–Trinajstić information content (AvgIpc) is 2.65. The van der Waals surface area contributed by atoms with E-state index in [1.54, 1.807) is 44.3 Å². The van der Waals surface area contributed by atoms with Crippen LogP contribution in [0.25, 0.3) is 0 Å². The Morgan fingerprint density at radius 3 is 2.52 bits per heavy atom. The summed E-state index contributed by atoms with van der Waals surface area (Å²) in [6.45, 7) is 1.36. The summed E-state index contributed by atoms with van der Waals surface area (Å²) in [4.78, 5) is 31.3. The third-order valence-electron chi connectivity index (χ3n) is 4.17. The number of carbonyl (C=O) groups is 1. The number of aromatic nitrogens is 2. The molecule has 0 amide bonds. The fraction of sp³-hybridized carbons (Fsp3) is 0.353. The lowest BCUT2D eigenvalue weighted by Gasteiger charge is -2.22. The van der Waals surface area contributed by atoms with Crippen LogP contribution < -0.4 is 16.8 Å². The molecule has 10 nitrogen and oxygen atoms in total. The lowest BCUT2D eigenvalue weighted by atomic mass is 9.90. The second kappa shape index (κ2) is 8.79. The van der Waals surface area contributed by atoms with Gasteiger partial charge in [0.25, 0.3) is 6.04 Å². The molecule has 0 saturated carbocycles. The maximum absolute atomic E-state index is 12.1. The van der Waals surface area contributed by atoms with Crippen LogP contribution in [0, 0.1) is 10.1 Å². The Labute approximate surface area is 156 Å². The van der Waals surface area contributed by atoms with Gasteiger partial charge in [-0.3, -0.25) is 10.1 Å². The molecule has 10 heteroatoms. The minimum absolute atomic E-state index is 0.0383. The van der Waals surface area contributed by atoms with Gasteiger partial charge in [0.15, 0.2) is 6.61 Å². The van der Waals surface area contributed by atoms with Crippen LogP contribution in [0.1, 0.15) is 35.2 Å². The molecule has 144 valence electrons. The molecule has 0 aliphatic heterocycles. The van der Waals surface area contributed by atoms with E-state index in [2.05, 4.69) is 15.3 Å². The number of nitro groups is 1. The largest absolute Gasteiger partial charge is 0.455 e. The molecule has 27 heavy (non-hydrogen) atoms. The fourth-order valence-electron chi connectivity index (χ4n) is 2.87. The Balaban J connectivity index is 2.29. The molecule has 0 aliphatic rings. The van der Waals surface area contributed by atoms with Crippen LogP contribution >= 0.6 is 0 Å². The molecule has 0 bridgehead atoms. The molecule has 0 spiro atoms. The fourth-order valence-corrected chi connectivity index (χ4v) is 2.87. The van der Waals surface area contributed by atoms with Gasteiger partial charge in [-0.15, -0.1) is 0 Å². The Kier molecular flexibility index (Phi) is 6.47. The summed E-state index contributed by atoms with van der Waals surface area (Å²) in [6.07, 6.45) is 0.362. The van der Waals surface area contributed by atoms with Gasteiger partial charge in [-0.25, -0.2) is 4.79 Å². The van der Waals surface area contributed by atoms with Gasteiger partial charge in [-0.1, -0.05) is 25.1 Å². The summed E-state index contributed by atoms with van der Waals surface area (Å²) in [5.41, 5.74) is 12.3. The van der Waals surface area contributed by atoms with Gasteiger partial charge in [0, 0.05) is 17.5 Å². The van der Waals surface area contributed by atoms with Crippen LogP contribution in [0.3, 0.4) is 0 Å². The zero-order chi connectivity index (χ0) is 20.0. The topological polar surface area (TPSA) is 159 Å². The number of rotatable bonds is 8. The predicted molar refractivity (Wildman–Crippen MR) is 101 cm³/mol. The van der Waals surface area contributed by atoms with E-state index in [9.17, 15) is 14.9 Å². The molecule has 0 fully saturated rings.